The van der Waals surface area contributed by atoms with Crippen molar-refractivity contribution >= 4 is 16.3 Å². The molecular formula is C16H19NS. The van der Waals surface area contributed by atoms with Crippen LogP contribution in [-0.4, -0.2) is 0 Å². The average molecular weight is 257 g/mol. The van der Waals surface area contributed by atoms with Crippen LogP contribution in [0.15, 0.2) is 24.3 Å². The molecule has 1 nitrogen and oxygen atoms in total. The summed E-state index contributed by atoms with van der Waals surface area (Å²) >= 11 is 1.79. The van der Waals surface area contributed by atoms with Gasteiger partial charge in [-0.2, -0.15) is 0 Å². The van der Waals surface area contributed by atoms with E-state index >= 15 is 0 Å². The van der Waals surface area contributed by atoms with Crippen LogP contribution in [0.5, 0.6) is 0 Å². The first-order valence-corrected chi connectivity index (χ1v) is 7.60. The number of nitrogens with two attached hydrogens (primary N) is 1. The van der Waals surface area contributed by atoms with Crippen LogP contribution in [0.1, 0.15) is 35.8 Å². The largest absolute Gasteiger partial charge is 0.390 e. The Hall–Kier alpha value is -1.28. The molecule has 2 N–H and O–H groups in total. The van der Waals surface area contributed by atoms with Crippen LogP contribution < -0.4 is 5.73 Å². The lowest BCUT2D eigenvalue weighted by atomic mass is 10.00. The minimum Gasteiger partial charge on any atom is -0.390 e. The Morgan fingerprint density at radius 2 is 1.94 bits per heavy atom. The Balaban J connectivity index is 1.99. The van der Waals surface area contributed by atoms with Crippen molar-refractivity contribution in [1.82, 2.24) is 0 Å². The summed E-state index contributed by atoms with van der Waals surface area (Å²) in [5.74, 6) is 0. The normalized spacial score (nSPS) is 13.8. The highest BCUT2D eigenvalue weighted by Crippen LogP contribution is 2.43. The van der Waals surface area contributed by atoms with E-state index in [9.17, 15) is 0 Å². The highest BCUT2D eigenvalue weighted by atomic mass is 32.1. The molecule has 3 rings (SSSR count). The number of hydrogen-bond donors (Lipinski definition) is 1. The zero-order valence-electron chi connectivity index (χ0n) is 10.8. The van der Waals surface area contributed by atoms with Gasteiger partial charge in [-0.1, -0.05) is 37.6 Å². The van der Waals surface area contributed by atoms with E-state index in [0.29, 0.717) is 0 Å². The first kappa shape index (κ1) is 11.8. The minimum atomic E-state index is 1.00. The number of fused-ring (bicyclic) bond motifs is 1. The Morgan fingerprint density at radius 1 is 1.17 bits per heavy atom. The summed E-state index contributed by atoms with van der Waals surface area (Å²) in [7, 11) is 0. The number of rotatable bonds is 3. The molecule has 0 amide bonds. The predicted molar refractivity (Wildman–Crippen MR) is 80.2 cm³/mol. The van der Waals surface area contributed by atoms with Crippen molar-refractivity contribution in [3.05, 3.63) is 40.3 Å². The van der Waals surface area contributed by atoms with Crippen LogP contribution in [0.25, 0.3) is 11.1 Å². The molecule has 1 aliphatic carbocycles. The Bertz CT molecular complexity index is 551. The van der Waals surface area contributed by atoms with E-state index in [1.54, 1.807) is 11.3 Å². The highest BCUT2D eigenvalue weighted by molar-refractivity contribution is 7.16. The van der Waals surface area contributed by atoms with Crippen molar-refractivity contribution in [2.45, 2.75) is 39.0 Å². The van der Waals surface area contributed by atoms with E-state index in [4.69, 9.17) is 5.73 Å². The molecule has 94 valence electrons. The van der Waals surface area contributed by atoms with E-state index in [2.05, 4.69) is 31.2 Å². The molecule has 0 spiro atoms. The van der Waals surface area contributed by atoms with Crippen LogP contribution in [0.3, 0.4) is 0 Å². The third-order valence-corrected chi connectivity index (χ3v) is 4.85. The van der Waals surface area contributed by atoms with Gasteiger partial charge in [0.05, 0.1) is 5.00 Å². The number of nitrogen functional groups attached to an aromatic ring is 1. The van der Waals surface area contributed by atoms with Crippen molar-refractivity contribution in [2.75, 3.05) is 5.73 Å². The Labute approximate surface area is 113 Å². The molecule has 0 unspecified atom stereocenters. The SMILES string of the molecule is CCCc1ccc(-c2c(N)sc3c2CCC3)cc1. The molecule has 0 bridgehead atoms. The van der Waals surface area contributed by atoms with Crippen LogP contribution in [0, 0.1) is 0 Å². The molecular weight excluding hydrogens is 238 g/mol. The lowest BCUT2D eigenvalue weighted by Crippen LogP contribution is -1.89. The number of hydrogen-bond acceptors (Lipinski definition) is 2. The van der Waals surface area contributed by atoms with E-state index in [0.717, 1.165) is 11.4 Å². The molecule has 0 fully saturated rings. The van der Waals surface area contributed by atoms with Gasteiger partial charge in [0.25, 0.3) is 0 Å². The molecule has 1 heterocycles. The van der Waals surface area contributed by atoms with Gasteiger partial charge in [-0.3, -0.25) is 0 Å². The fourth-order valence-electron chi connectivity index (χ4n) is 2.87. The lowest BCUT2D eigenvalue weighted by molar-refractivity contribution is 0.915. The monoisotopic (exact) mass is 257 g/mol. The molecule has 2 aromatic rings. The van der Waals surface area contributed by atoms with Crippen molar-refractivity contribution < 1.29 is 0 Å². The summed E-state index contributed by atoms with van der Waals surface area (Å²) in [6.07, 6.45) is 6.09. The van der Waals surface area contributed by atoms with Gasteiger partial charge in [-0.05, 0) is 42.4 Å². The van der Waals surface area contributed by atoms with E-state index in [-0.39, 0.29) is 0 Å². The second-order valence-electron chi connectivity index (χ2n) is 5.04. The van der Waals surface area contributed by atoms with Gasteiger partial charge in [0.2, 0.25) is 0 Å². The quantitative estimate of drug-likeness (QED) is 0.864. The third-order valence-electron chi connectivity index (χ3n) is 3.73. The van der Waals surface area contributed by atoms with Gasteiger partial charge in [0.15, 0.2) is 0 Å². The highest BCUT2D eigenvalue weighted by Gasteiger charge is 2.21. The molecule has 0 radical (unpaired) electrons. The molecule has 1 aromatic heterocycles. The molecule has 18 heavy (non-hydrogen) atoms. The molecule has 0 aliphatic heterocycles. The number of thiophene rings is 1. The van der Waals surface area contributed by atoms with Gasteiger partial charge in [-0.25, -0.2) is 0 Å². The summed E-state index contributed by atoms with van der Waals surface area (Å²) in [4.78, 5) is 1.51. The average Bonchev–Trinajstić information content (AvgIpc) is 2.91. The maximum Gasteiger partial charge on any atom is 0.0941 e. The minimum absolute atomic E-state index is 1.00. The zero-order chi connectivity index (χ0) is 12.5. The summed E-state index contributed by atoms with van der Waals surface area (Å²) in [5, 5.41) is 1.00. The van der Waals surface area contributed by atoms with E-state index in [1.807, 2.05) is 0 Å². The Morgan fingerprint density at radius 3 is 2.67 bits per heavy atom. The molecule has 1 aliphatic rings. The molecule has 0 saturated heterocycles. The van der Waals surface area contributed by atoms with Gasteiger partial charge in [-0.15, -0.1) is 11.3 Å². The molecule has 0 atom stereocenters. The van der Waals surface area contributed by atoms with Gasteiger partial charge < -0.3 is 5.73 Å². The maximum absolute atomic E-state index is 6.20. The van der Waals surface area contributed by atoms with Gasteiger partial charge in [0.1, 0.15) is 0 Å². The van der Waals surface area contributed by atoms with E-state index in [1.165, 1.54) is 52.8 Å². The molecule has 0 saturated carbocycles. The number of aryl methyl sites for hydroxylation is 2. The van der Waals surface area contributed by atoms with Crippen LogP contribution >= 0.6 is 11.3 Å². The van der Waals surface area contributed by atoms with Gasteiger partial charge >= 0.3 is 0 Å². The molecule has 2 heteroatoms. The van der Waals surface area contributed by atoms with Crippen LogP contribution in [0.2, 0.25) is 0 Å². The molecule has 1 aromatic carbocycles. The zero-order valence-corrected chi connectivity index (χ0v) is 11.6. The number of benzene rings is 1. The lowest BCUT2D eigenvalue weighted by Gasteiger charge is -2.05. The second kappa shape index (κ2) is 4.77. The van der Waals surface area contributed by atoms with Gasteiger partial charge in [0, 0.05) is 10.4 Å². The third kappa shape index (κ3) is 1.95. The summed E-state index contributed by atoms with van der Waals surface area (Å²) in [6.45, 7) is 2.22. The fourth-order valence-corrected chi connectivity index (χ4v) is 4.05. The second-order valence-corrected chi connectivity index (χ2v) is 6.18. The van der Waals surface area contributed by atoms with Crippen LogP contribution in [0.4, 0.5) is 5.00 Å². The standard InChI is InChI=1S/C16H19NS/c1-2-4-11-7-9-12(10-8-11)15-13-5-3-6-14(13)18-16(15)17/h7-10H,2-6,17H2,1H3. The van der Waals surface area contributed by atoms with E-state index < -0.39 is 0 Å². The van der Waals surface area contributed by atoms with Crippen molar-refractivity contribution in [3.8, 4) is 11.1 Å². The van der Waals surface area contributed by atoms with Crippen molar-refractivity contribution in [2.24, 2.45) is 0 Å². The first-order chi connectivity index (χ1) is 8.79. The Kier molecular flexibility index (Phi) is 3.13. The predicted octanol–water partition coefficient (Wildman–Crippen LogP) is 4.44. The van der Waals surface area contributed by atoms with Crippen molar-refractivity contribution in [3.63, 3.8) is 0 Å². The van der Waals surface area contributed by atoms with Crippen molar-refractivity contribution in [1.29, 1.82) is 0 Å². The smallest absolute Gasteiger partial charge is 0.0941 e. The maximum atomic E-state index is 6.20. The summed E-state index contributed by atoms with van der Waals surface area (Å²) < 4.78 is 0. The topological polar surface area (TPSA) is 26.0 Å². The summed E-state index contributed by atoms with van der Waals surface area (Å²) in [5.41, 5.74) is 11.7. The summed E-state index contributed by atoms with van der Waals surface area (Å²) in [6, 6.07) is 8.97. The first-order valence-electron chi connectivity index (χ1n) is 6.79. The fraction of sp³-hybridized carbons (Fsp3) is 0.375. The number of anilines is 1. The van der Waals surface area contributed by atoms with Crippen LogP contribution in [-0.2, 0) is 19.3 Å².